The zero-order valence-corrected chi connectivity index (χ0v) is 12.6. The number of amides is 1. The number of nitrogens with one attached hydrogen (secondary N) is 1. The van der Waals surface area contributed by atoms with Gasteiger partial charge in [-0.05, 0) is 25.0 Å². The summed E-state index contributed by atoms with van der Waals surface area (Å²) in [7, 11) is -2.78. The lowest BCUT2D eigenvalue weighted by Crippen LogP contribution is -2.42. The van der Waals surface area contributed by atoms with Crippen LogP contribution >= 0.6 is 0 Å². The summed E-state index contributed by atoms with van der Waals surface area (Å²) in [4.78, 5) is 10.6. The molecule has 0 saturated carbocycles. The molecule has 1 aliphatic heterocycles. The number of rotatable bonds is 3. The van der Waals surface area contributed by atoms with E-state index in [1.165, 1.54) is 7.05 Å². The van der Waals surface area contributed by atoms with E-state index in [-0.39, 0.29) is 37.8 Å². The van der Waals surface area contributed by atoms with E-state index in [0.717, 1.165) is 4.31 Å². The molecule has 22 heavy (non-hydrogen) atoms. The van der Waals surface area contributed by atoms with Gasteiger partial charge >= 0.3 is 0 Å². The molecular weight excluding hydrogens is 321 g/mol. The molecule has 1 heterocycles. The molecular formula is C13H15F3N2O3S. The fourth-order valence-electron chi connectivity index (χ4n) is 2.41. The van der Waals surface area contributed by atoms with Crippen LogP contribution in [0.25, 0.3) is 0 Å². The molecule has 0 radical (unpaired) electrons. The standard InChI is InChI=1S/C13H15F3N2O3S/c1-17-13(19)8-4-6-18(7-5-8)22(20,21)10-3-2-9(14)11(15)12(10)16/h2-3,8H,4-7H2,1H3,(H,17,19). The second-order valence-corrected chi connectivity index (χ2v) is 6.87. The number of sulfonamides is 1. The number of hydrogen-bond acceptors (Lipinski definition) is 3. The van der Waals surface area contributed by atoms with Crippen molar-refractivity contribution in [2.75, 3.05) is 20.1 Å². The highest BCUT2D eigenvalue weighted by Crippen LogP contribution is 2.27. The Morgan fingerprint density at radius 2 is 1.77 bits per heavy atom. The summed E-state index contributed by atoms with van der Waals surface area (Å²) >= 11 is 0. The van der Waals surface area contributed by atoms with Gasteiger partial charge < -0.3 is 5.32 Å². The molecule has 122 valence electrons. The number of hydrogen-bond donors (Lipinski definition) is 1. The molecule has 1 aromatic carbocycles. The van der Waals surface area contributed by atoms with Crippen molar-refractivity contribution in [2.45, 2.75) is 17.7 Å². The van der Waals surface area contributed by atoms with E-state index >= 15 is 0 Å². The van der Waals surface area contributed by atoms with Crippen molar-refractivity contribution in [2.24, 2.45) is 5.92 Å². The fraction of sp³-hybridized carbons (Fsp3) is 0.462. The van der Waals surface area contributed by atoms with Crippen LogP contribution in [0.3, 0.4) is 0 Å². The van der Waals surface area contributed by atoms with Gasteiger partial charge in [0.25, 0.3) is 0 Å². The van der Waals surface area contributed by atoms with Crippen LogP contribution < -0.4 is 5.32 Å². The van der Waals surface area contributed by atoms with Gasteiger partial charge in [0.05, 0.1) is 0 Å². The Kier molecular flexibility index (Phi) is 4.76. The third-order valence-corrected chi connectivity index (χ3v) is 5.60. The van der Waals surface area contributed by atoms with Crippen molar-refractivity contribution >= 4 is 15.9 Å². The minimum Gasteiger partial charge on any atom is -0.359 e. The molecule has 0 spiro atoms. The smallest absolute Gasteiger partial charge is 0.246 e. The predicted octanol–water partition coefficient (Wildman–Crippen LogP) is 1.25. The van der Waals surface area contributed by atoms with Crippen molar-refractivity contribution in [3.05, 3.63) is 29.6 Å². The van der Waals surface area contributed by atoms with Crippen molar-refractivity contribution in [3.63, 3.8) is 0 Å². The SMILES string of the molecule is CNC(=O)C1CCN(S(=O)(=O)c2ccc(F)c(F)c2F)CC1. The van der Waals surface area contributed by atoms with Crippen molar-refractivity contribution in [1.29, 1.82) is 0 Å². The summed E-state index contributed by atoms with van der Waals surface area (Å²) in [5.74, 6) is -5.49. The molecule has 0 aromatic heterocycles. The highest BCUT2D eigenvalue weighted by Gasteiger charge is 2.34. The first kappa shape index (κ1) is 16.8. The molecule has 0 bridgehead atoms. The van der Waals surface area contributed by atoms with E-state index in [1.807, 2.05) is 0 Å². The van der Waals surface area contributed by atoms with Gasteiger partial charge in [0, 0.05) is 26.1 Å². The number of halogens is 3. The van der Waals surface area contributed by atoms with E-state index in [0.29, 0.717) is 12.1 Å². The molecule has 1 amide bonds. The Morgan fingerprint density at radius 3 is 2.32 bits per heavy atom. The van der Waals surface area contributed by atoms with Gasteiger partial charge in [0.2, 0.25) is 15.9 Å². The van der Waals surface area contributed by atoms with E-state index in [1.54, 1.807) is 0 Å². The number of piperidine rings is 1. The second kappa shape index (κ2) is 6.25. The zero-order valence-electron chi connectivity index (χ0n) is 11.8. The number of nitrogens with zero attached hydrogens (tertiary/aromatic N) is 1. The zero-order chi connectivity index (χ0) is 16.5. The topological polar surface area (TPSA) is 66.5 Å². The van der Waals surface area contributed by atoms with Gasteiger partial charge in [-0.15, -0.1) is 0 Å². The van der Waals surface area contributed by atoms with E-state index < -0.39 is 32.4 Å². The Bertz CT molecular complexity index is 686. The average molecular weight is 336 g/mol. The second-order valence-electron chi connectivity index (χ2n) is 4.97. The molecule has 0 aliphatic carbocycles. The first-order valence-corrected chi connectivity index (χ1v) is 8.08. The molecule has 9 heteroatoms. The van der Waals surface area contributed by atoms with Gasteiger partial charge in [0.1, 0.15) is 4.90 Å². The molecule has 1 fully saturated rings. The predicted molar refractivity (Wildman–Crippen MR) is 71.9 cm³/mol. The van der Waals surface area contributed by atoms with Crippen LogP contribution in [0.15, 0.2) is 17.0 Å². The van der Waals surface area contributed by atoms with Gasteiger partial charge in [-0.1, -0.05) is 0 Å². The summed E-state index contributed by atoms with van der Waals surface area (Å²) in [5.41, 5.74) is 0. The highest BCUT2D eigenvalue weighted by molar-refractivity contribution is 7.89. The maximum Gasteiger partial charge on any atom is 0.246 e. The molecule has 1 aliphatic rings. The Labute approximate surface area is 126 Å². The van der Waals surface area contributed by atoms with Gasteiger partial charge in [-0.25, -0.2) is 21.6 Å². The number of benzene rings is 1. The first-order valence-electron chi connectivity index (χ1n) is 6.64. The summed E-state index contributed by atoms with van der Waals surface area (Å²) in [6, 6.07) is 1.27. The van der Waals surface area contributed by atoms with Crippen LogP contribution in [0, 0.1) is 23.4 Å². The lowest BCUT2D eigenvalue weighted by atomic mass is 9.97. The van der Waals surface area contributed by atoms with Gasteiger partial charge in [-0.3, -0.25) is 4.79 Å². The lowest BCUT2D eigenvalue weighted by Gasteiger charge is -2.30. The Balaban J connectivity index is 2.23. The molecule has 1 N–H and O–H groups in total. The minimum absolute atomic E-state index is 0.0128. The molecule has 0 atom stereocenters. The summed E-state index contributed by atoms with van der Waals surface area (Å²) in [5, 5.41) is 2.48. The normalized spacial score (nSPS) is 17.5. The van der Waals surface area contributed by atoms with Crippen LogP contribution in [0.2, 0.25) is 0 Å². The molecule has 0 unspecified atom stereocenters. The highest BCUT2D eigenvalue weighted by atomic mass is 32.2. The monoisotopic (exact) mass is 336 g/mol. The van der Waals surface area contributed by atoms with E-state index in [2.05, 4.69) is 5.32 Å². The van der Waals surface area contributed by atoms with Crippen LogP contribution in [0.5, 0.6) is 0 Å². The summed E-state index contributed by atoms with van der Waals surface area (Å²) in [6.07, 6.45) is 0.564. The molecule has 5 nitrogen and oxygen atoms in total. The van der Waals surface area contributed by atoms with E-state index in [4.69, 9.17) is 0 Å². The number of carbonyl (C=O) groups is 1. The van der Waals surface area contributed by atoms with E-state index in [9.17, 15) is 26.4 Å². The quantitative estimate of drug-likeness (QED) is 0.845. The maximum atomic E-state index is 13.7. The van der Waals surface area contributed by atoms with Crippen molar-refractivity contribution < 1.29 is 26.4 Å². The minimum atomic E-state index is -4.27. The Morgan fingerprint density at radius 1 is 1.18 bits per heavy atom. The summed E-state index contributed by atoms with van der Waals surface area (Å²) < 4.78 is 65.4. The maximum absolute atomic E-state index is 13.7. The van der Waals surface area contributed by atoms with Crippen molar-refractivity contribution in [1.82, 2.24) is 9.62 Å². The van der Waals surface area contributed by atoms with Crippen molar-refractivity contribution in [3.8, 4) is 0 Å². The lowest BCUT2D eigenvalue weighted by molar-refractivity contribution is -0.125. The molecule has 2 rings (SSSR count). The van der Waals surface area contributed by atoms with Crippen LogP contribution in [0.4, 0.5) is 13.2 Å². The number of carbonyl (C=O) groups excluding carboxylic acids is 1. The summed E-state index contributed by atoms with van der Waals surface area (Å²) in [6.45, 7) is 0.0255. The van der Waals surface area contributed by atoms with Crippen LogP contribution in [0.1, 0.15) is 12.8 Å². The molecule has 1 aromatic rings. The average Bonchev–Trinajstić information content (AvgIpc) is 2.51. The largest absolute Gasteiger partial charge is 0.359 e. The molecule has 1 saturated heterocycles. The van der Waals surface area contributed by atoms with Crippen LogP contribution in [-0.2, 0) is 14.8 Å². The van der Waals surface area contributed by atoms with Crippen LogP contribution in [-0.4, -0.2) is 38.8 Å². The Hall–Kier alpha value is -1.61. The third kappa shape index (κ3) is 2.95. The fourth-order valence-corrected chi connectivity index (χ4v) is 3.93. The third-order valence-electron chi connectivity index (χ3n) is 3.69. The first-order chi connectivity index (χ1) is 10.3. The van der Waals surface area contributed by atoms with Gasteiger partial charge in [0.15, 0.2) is 17.5 Å². The van der Waals surface area contributed by atoms with Gasteiger partial charge in [-0.2, -0.15) is 4.31 Å².